The van der Waals surface area contributed by atoms with Crippen LogP contribution in [0.5, 0.6) is 11.5 Å². The number of nitrogens with one attached hydrogen (secondary N) is 1. The summed E-state index contributed by atoms with van der Waals surface area (Å²) in [6.45, 7) is 0.732. The fourth-order valence-electron chi connectivity index (χ4n) is 4.52. The second-order valence-corrected chi connectivity index (χ2v) is 8.40. The van der Waals surface area contributed by atoms with Gasteiger partial charge in [0.15, 0.2) is 0 Å². The van der Waals surface area contributed by atoms with E-state index in [1.54, 1.807) is 26.6 Å². The van der Waals surface area contributed by atoms with Crippen molar-refractivity contribution in [1.29, 1.82) is 0 Å². The van der Waals surface area contributed by atoms with Crippen LogP contribution in [0.3, 0.4) is 0 Å². The number of aliphatic carboxylic acids is 1. The van der Waals surface area contributed by atoms with Crippen molar-refractivity contribution >= 4 is 17.6 Å². The van der Waals surface area contributed by atoms with Gasteiger partial charge in [0.05, 0.1) is 31.7 Å². The quantitative estimate of drug-likeness (QED) is 0.488. The molecule has 1 saturated heterocycles. The van der Waals surface area contributed by atoms with Crippen LogP contribution in [0.25, 0.3) is 11.1 Å². The molecule has 2 N–H and O–H groups in total. The van der Waals surface area contributed by atoms with Crippen molar-refractivity contribution in [2.75, 3.05) is 25.7 Å². The Morgan fingerprint density at radius 3 is 2.40 bits per heavy atom. The maximum atomic E-state index is 13.1. The molecule has 0 bridgehead atoms. The van der Waals surface area contributed by atoms with Crippen molar-refractivity contribution in [2.24, 2.45) is 0 Å². The fourth-order valence-corrected chi connectivity index (χ4v) is 4.52. The van der Waals surface area contributed by atoms with Crippen LogP contribution in [0.15, 0.2) is 67.0 Å². The molecule has 1 unspecified atom stereocenters. The number of carbonyl (C=O) groups excluding carboxylic acids is 1. The number of carboxylic acids is 1. The minimum absolute atomic E-state index is 0.171. The highest BCUT2D eigenvalue weighted by atomic mass is 16.5. The molecule has 0 spiro atoms. The number of aromatic nitrogens is 1. The molecule has 2 heterocycles. The Bertz CT molecular complexity index is 1140. The molecule has 1 aliphatic rings. The summed E-state index contributed by atoms with van der Waals surface area (Å²) in [7, 11) is 3.21. The molecule has 3 aromatic rings. The molecule has 1 fully saturated rings. The number of carboxylic acid groups (broad SMARTS) is 1. The third kappa shape index (κ3) is 5.37. The highest BCUT2D eigenvalue weighted by Gasteiger charge is 2.33. The maximum Gasteiger partial charge on any atom is 0.326 e. The Balaban J connectivity index is 1.48. The van der Waals surface area contributed by atoms with Gasteiger partial charge in [-0.05, 0) is 48.2 Å². The predicted octanol–water partition coefficient (Wildman–Crippen LogP) is 3.55. The summed E-state index contributed by atoms with van der Waals surface area (Å²) >= 11 is 0. The summed E-state index contributed by atoms with van der Waals surface area (Å²) in [5.41, 5.74) is 3.37. The van der Waals surface area contributed by atoms with E-state index < -0.39 is 18.1 Å². The first-order chi connectivity index (χ1) is 17.0. The molecule has 8 nitrogen and oxygen atoms in total. The van der Waals surface area contributed by atoms with E-state index in [1.807, 2.05) is 59.5 Å². The minimum atomic E-state index is -1.07. The van der Waals surface area contributed by atoms with E-state index in [4.69, 9.17) is 9.47 Å². The molecule has 4 rings (SSSR count). The monoisotopic (exact) mass is 475 g/mol. The first kappa shape index (κ1) is 24.1. The number of hydrogen-bond acceptors (Lipinski definition) is 6. The molecule has 2 atom stereocenters. The zero-order valence-electron chi connectivity index (χ0n) is 19.8. The molecule has 1 aromatic heterocycles. The molecule has 8 heteroatoms. The minimum Gasteiger partial charge on any atom is -0.496 e. The maximum absolute atomic E-state index is 13.1. The van der Waals surface area contributed by atoms with Gasteiger partial charge in [0, 0.05) is 19.2 Å². The van der Waals surface area contributed by atoms with Crippen molar-refractivity contribution in [1.82, 2.24) is 10.3 Å². The number of hydrogen-bond donors (Lipinski definition) is 2. The van der Waals surface area contributed by atoms with Crippen LogP contribution in [0, 0.1) is 0 Å². The van der Waals surface area contributed by atoms with E-state index in [9.17, 15) is 14.7 Å². The second kappa shape index (κ2) is 10.9. The second-order valence-electron chi connectivity index (χ2n) is 8.40. The molecule has 0 saturated carbocycles. The van der Waals surface area contributed by atoms with Crippen LogP contribution in [0.2, 0.25) is 0 Å². The number of rotatable bonds is 9. The van der Waals surface area contributed by atoms with Crippen LogP contribution >= 0.6 is 0 Å². The predicted molar refractivity (Wildman–Crippen MR) is 133 cm³/mol. The number of nitrogens with zero attached hydrogens (tertiary/aromatic N) is 2. The lowest BCUT2D eigenvalue weighted by Gasteiger charge is -2.27. The molecule has 1 amide bonds. The molecule has 0 radical (unpaired) electrons. The average molecular weight is 476 g/mol. The lowest BCUT2D eigenvalue weighted by atomic mass is 9.99. The van der Waals surface area contributed by atoms with Crippen LogP contribution in [-0.2, 0) is 16.0 Å². The summed E-state index contributed by atoms with van der Waals surface area (Å²) in [5, 5.41) is 12.6. The normalized spacial score (nSPS) is 15.9. The Hall–Kier alpha value is -4.07. The zero-order valence-corrected chi connectivity index (χ0v) is 19.8. The largest absolute Gasteiger partial charge is 0.496 e. The molecule has 2 aromatic carbocycles. The summed E-state index contributed by atoms with van der Waals surface area (Å²) < 4.78 is 11.0. The van der Waals surface area contributed by atoms with Crippen LogP contribution in [-0.4, -0.2) is 54.8 Å². The molecular weight excluding hydrogens is 446 g/mol. The molecular formula is C27H29N3O5. The van der Waals surface area contributed by atoms with Gasteiger partial charge in [-0.25, -0.2) is 4.79 Å². The van der Waals surface area contributed by atoms with Crippen LogP contribution < -0.4 is 19.7 Å². The first-order valence-corrected chi connectivity index (χ1v) is 11.5. The third-order valence-electron chi connectivity index (χ3n) is 6.26. The van der Waals surface area contributed by atoms with Crippen molar-refractivity contribution < 1.29 is 24.2 Å². The van der Waals surface area contributed by atoms with Gasteiger partial charge in [-0.3, -0.25) is 9.78 Å². The summed E-state index contributed by atoms with van der Waals surface area (Å²) in [4.78, 5) is 31.2. The number of amides is 1. The molecule has 35 heavy (non-hydrogen) atoms. The van der Waals surface area contributed by atoms with Gasteiger partial charge in [-0.2, -0.15) is 0 Å². The van der Waals surface area contributed by atoms with Crippen molar-refractivity contribution in [2.45, 2.75) is 31.3 Å². The van der Waals surface area contributed by atoms with E-state index in [-0.39, 0.29) is 12.3 Å². The van der Waals surface area contributed by atoms with E-state index in [0.29, 0.717) is 17.9 Å². The van der Waals surface area contributed by atoms with Gasteiger partial charge in [-0.15, -0.1) is 0 Å². The Morgan fingerprint density at radius 1 is 1.09 bits per heavy atom. The first-order valence-electron chi connectivity index (χ1n) is 11.5. The fraction of sp³-hybridized carbons (Fsp3) is 0.296. The summed E-state index contributed by atoms with van der Waals surface area (Å²) in [5.74, 6) is 0.0129. The van der Waals surface area contributed by atoms with Gasteiger partial charge < -0.3 is 24.8 Å². The summed E-state index contributed by atoms with van der Waals surface area (Å²) in [6, 6.07) is 15.4. The molecule has 182 valence electrons. The van der Waals surface area contributed by atoms with Crippen LogP contribution in [0.1, 0.15) is 18.4 Å². The Morgan fingerprint density at radius 2 is 1.80 bits per heavy atom. The highest BCUT2D eigenvalue weighted by Crippen LogP contribution is 2.38. The van der Waals surface area contributed by atoms with Gasteiger partial charge in [0.25, 0.3) is 0 Å². The van der Waals surface area contributed by atoms with Crippen LogP contribution in [0.4, 0.5) is 5.69 Å². The number of ether oxygens (including phenoxy) is 2. The number of carbonyl (C=O) groups is 2. The molecule has 1 aliphatic heterocycles. The van der Waals surface area contributed by atoms with Crippen molar-refractivity contribution in [3.05, 3.63) is 72.6 Å². The van der Waals surface area contributed by atoms with E-state index in [1.165, 1.54) is 0 Å². The van der Waals surface area contributed by atoms with E-state index in [0.717, 1.165) is 35.3 Å². The van der Waals surface area contributed by atoms with Gasteiger partial charge in [0.2, 0.25) is 5.91 Å². The van der Waals surface area contributed by atoms with E-state index in [2.05, 4.69) is 10.3 Å². The van der Waals surface area contributed by atoms with Gasteiger partial charge >= 0.3 is 5.97 Å². The standard InChI is InChI=1S/C27H29N3O5/c1-34-23-8-3-9-24(35-2)25(23)19-12-10-18(11-13-19)16-21(27(32)33)29-26(31)22-7-5-15-30(22)20-6-4-14-28-17-20/h3-4,6,8-14,17,21-22H,5,7,15-16H2,1-2H3,(H,29,31)(H,32,33)/t21-,22?/m0/s1. The van der Waals surface area contributed by atoms with Gasteiger partial charge in [0.1, 0.15) is 23.6 Å². The van der Waals surface area contributed by atoms with Crippen molar-refractivity contribution in [3.8, 4) is 22.6 Å². The smallest absolute Gasteiger partial charge is 0.326 e. The van der Waals surface area contributed by atoms with E-state index >= 15 is 0 Å². The Kier molecular flexibility index (Phi) is 7.50. The number of methoxy groups -OCH3 is 2. The number of benzene rings is 2. The van der Waals surface area contributed by atoms with Gasteiger partial charge in [-0.1, -0.05) is 30.3 Å². The Labute approximate surface area is 204 Å². The summed E-state index contributed by atoms with van der Waals surface area (Å²) in [6.07, 6.45) is 5.11. The van der Waals surface area contributed by atoms with Crippen molar-refractivity contribution in [3.63, 3.8) is 0 Å². The lowest BCUT2D eigenvalue weighted by molar-refractivity contribution is -0.141. The topological polar surface area (TPSA) is 101 Å². The number of pyridine rings is 1. The zero-order chi connectivity index (χ0) is 24.8. The lowest BCUT2D eigenvalue weighted by Crippen LogP contribution is -2.50. The SMILES string of the molecule is COc1cccc(OC)c1-c1ccc(C[C@H](NC(=O)C2CCCN2c2cccnc2)C(=O)O)cc1. The average Bonchev–Trinajstić information content (AvgIpc) is 3.39. The number of anilines is 1. The highest BCUT2D eigenvalue weighted by molar-refractivity contribution is 5.89. The molecule has 0 aliphatic carbocycles. The third-order valence-corrected chi connectivity index (χ3v) is 6.26.